The van der Waals surface area contributed by atoms with Crippen LogP contribution in [0.15, 0.2) is 30.6 Å². The van der Waals surface area contributed by atoms with Crippen LogP contribution in [0.3, 0.4) is 0 Å². The largest absolute Gasteiger partial charge is 0.495 e. The van der Waals surface area contributed by atoms with E-state index in [0.717, 1.165) is 12.2 Å². The van der Waals surface area contributed by atoms with Crippen LogP contribution in [-0.4, -0.2) is 55.1 Å². The molecule has 0 fully saturated rings. The normalized spacial score (nSPS) is 10.5. The molecule has 1 aromatic heterocycles. The first-order chi connectivity index (χ1) is 11.5. The summed E-state index contributed by atoms with van der Waals surface area (Å²) in [6, 6.07) is 5.26. The molecule has 1 heterocycles. The minimum atomic E-state index is -0.198. The van der Waals surface area contributed by atoms with E-state index < -0.39 is 0 Å². The average Bonchev–Trinajstić information content (AvgIpc) is 2.55. The third kappa shape index (κ3) is 5.07. The molecule has 0 bridgehead atoms. The summed E-state index contributed by atoms with van der Waals surface area (Å²) in [7, 11) is 5.45. The van der Waals surface area contributed by atoms with Crippen molar-refractivity contribution in [1.82, 2.24) is 20.2 Å². The summed E-state index contributed by atoms with van der Waals surface area (Å²) < 4.78 is 5.10. The molecule has 0 saturated heterocycles. The van der Waals surface area contributed by atoms with Gasteiger partial charge in [0.25, 0.3) is 5.91 Å². The Morgan fingerprint density at radius 2 is 2.00 bits per heavy atom. The highest BCUT2D eigenvalue weighted by atomic mass is 35.5. The fourth-order valence-corrected chi connectivity index (χ4v) is 2.14. The molecular weight excluding hydrogens is 330 g/mol. The molecule has 24 heavy (non-hydrogen) atoms. The Kier molecular flexibility index (Phi) is 6.34. The quantitative estimate of drug-likeness (QED) is 0.797. The van der Waals surface area contributed by atoms with E-state index in [2.05, 4.69) is 20.6 Å². The van der Waals surface area contributed by atoms with Gasteiger partial charge in [-0.25, -0.2) is 9.97 Å². The second-order valence-electron chi connectivity index (χ2n) is 5.33. The van der Waals surface area contributed by atoms with Crippen LogP contribution in [0, 0.1) is 0 Å². The van der Waals surface area contributed by atoms with Crippen molar-refractivity contribution in [2.24, 2.45) is 0 Å². The molecule has 8 heteroatoms. The number of amides is 1. The number of aromatic nitrogens is 2. The number of benzene rings is 1. The number of ether oxygens (including phenoxy) is 1. The molecule has 0 saturated carbocycles. The topological polar surface area (TPSA) is 79.4 Å². The standard InChI is InChI=1S/C16H20ClN5O2/c1-22(2)7-6-18-15(23)11-9-19-16(20-10-11)21-12-4-5-14(24-3)13(17)8-12/h4-5,8-10H,6-7H2,1-3H3,(H,18,23)(H,19,20,21). The summed E-state index contributed by atoms with van der Waals surface area (Å²) in [6.45, 7) is 1.33. The molecule has 0 aliphatic heterocycles. The second-order valence-corrected chi connectivity index (χ2v) is 5.74. The Labute approximate surface area is 146 Å². The zero-order valence-corrected chi connectivity index (χ0v) is 14.6. The molecule has 2 rings (SSSR count). The Hall–Kier alpha value is -2.38. The smallest absolute Gasteiger partial charge is 0.254 e. The number of nitrogens with one attached hydrogen (secondary N) is 2. The van der Waals surface area contributed by atoms with Gasteiger partial charge in [-0.05, 0) is 32.3 Å². The minimum Gasteiger partial charge on any atom is -0.495 e. The molecule has 128 valence electrons. The van der Waals surface area contributed by atoms with Crippen LogP contribution in [0.2, 0.25) is 5.02 Å². The number of nitrogens with zero attached hydrogens (tertiary/aromatic N) is 3. The first kappa shape index (κ1) is 18.0. The van der Waals surface area contributed by atoms with Gasteiger partial charge in [-0.15, -0.1) is 0 Å². The van der Waals surface area contributed by atoms with Crippen molar-refractivity contribution in [1.29, 1.82) is 0 Å². The molecule has 0 unspecified atom stereocenters. The highest BCUT2D eigenvalue weighted by Crippen LogP contribution is 2.28. The van der Waals surface area contributed by atoms with Crippen molar-refractivity contribution < 1.29 is 9.53 Å². The molecule has 1 aromatic carbocycles. The number of likely N-dealkylation sites (N-methyl/N-ethyl adjacent to an activating group) is 1. The molecule has 2 aromatic rings. The molecule has 2 N–H and O–H groups in total. The van der Waals surface area contributed by atoms with Crippen LogP contribution in [0.1, 0.15) is 10.4 Å². The summed E-state index contributed by atoms with van der Waals surface area (Å²) in [6.07, 6.45) is 2.96. The summed E-state index contributed by atoms with van der Waals surface area (Å²) in [4.78, 5) is 22.2. The number of hydrogen-bond donors (Lipinski definition) is 2. The third-order valence-corrected chi connectivity index (χ3v) is 3.46. The molecule has 1 amide bonds. The van der Waals surface area contributed by atoms with E-state index in [0.29, 0.717) is 28.8 Å². The molecule has 0 atom stereocenters. The van der Waals surface area contributed by atoms with Gasteiger partial charge in [0.1, 0.15) is 5.75 Å². The fourth-order valence-electron chi connectivity index (χ4n) is 1.88. The molecule has 0 spiro atoms. The lowest BCUT2D eigenvalue weighted by Crippen LogP contribution is -2.31. The number of hydrogen-bond acceptors (Lipinski definition) is 6. The van der Waals surface area contributed by atoms with Crippen LogP contribution in [0.25, 0.3) is 0 Å². The third-order valence-electron chi connectivity index (χ3n) is 3.17. The lowest BCUT2D eigenvalue weighted by atomic mass is 10.3. The molecule has 0 radical (unpaired) electrons. The van der Waals surface area contributed by atoms with Crippen LogP contribution < -0.4 is 15.4 Å². The van der Waals surface area contributed by atoms with Crippen LogP contribution in [0.4, 0.5) is 11.6 Å². The van der Waals surface area contributed by atoms with E-state index in [1.807, 2.05) is 19.0 Å². The highest BCUT2D eigenvalue weighted by Gasteiger charge is 2.08. The Bertz CT molecular complexity index is 691. The van der Waals surface area contributed by atoms with Gasteiger partial charge in [-0.1, -0.05) is 11.6 Å². The van der Waals surface area contributed by atoms with E-state index in [-0.39, 0.29) is 5.91 Å². The first-order valence-electron chi connectivity index (χ1n) is 7.35. The molecule has 7 nitrogen and oxygen atoms in total. The predicted octanol–water partition coefficient (Wildman–Crippen LogP) is 2.17. The number of carbonyl (C=O) groups excluding carboxylic acids is 1. The number of rotatable bonds is 7. The van der Waals surface area contributed by atoms with Crippen molar-refractivity contribution in [3.63, 3.8) is 0 Å². The number of methoxy groups -OCH3 is 1. The maximum Gasteiger partial charge on any atom is 0.254 e. The van der Waals surface area contributed by atoms with E-state index in [1.165, 1.54) is 12.4 Å². The summed E-state index contributed by atoms with van der Waals surface area (Å²) >= 11 is 6.07. The summed E-state index contributed by atoms with van der Waals surface area (Å²) in [5.74, 6) is 0.768. The van der Waals surface area contributed by atoms with Gasteiger partial charge in [0.15, 0.2) is 0 Å². The lowest BCUT2D eigenvalue weighted by molar-refractivity contribution is 0.0950. The van der Waals surface area contributed by atoms with E-state index >= 15 is 0 Å². The van der Waals surface area contributed by atoms with E-state index in [4.69, 9.17) is 16.3 Å². The van der Waals surface area contributed by atoms with E-state index in [1.54, 1.807) is 25.3 Å². The molecule has 0 aliphatic carbocycles. The van der Waals surface area contributed by atoms with Crippen molar-refractivity contribution in [3.05, 3.63) is 41.2 Å². The van der Waals surface area contributed by atoms with Gasteiger partial charge in [0, 0.05) is 31.2 Å². The van der Waals surface area contributed by atoms with Gasteiger partial charge in [0.05, 0.1) is 17.7 Å². The van der Waals surface area contributed by atoms with Gasteiger partial charge in [-0.2, -0.15) is 0 Å². The van der Waals surface area contributed by atoms with Gasteiger partial charge in [0.2, 0.25) is 5.95 Å². The van der Waals surface area contributed by atoms with Crippen molar-refractivity contribution in [2.45, 2.75) is 0 Å². The van der Waals surface area contributed by atoms with Crippen LogP contribution in [-0.2, 0) is 0 Å². The first-order valence-corrected chi connectivity index (χ1v) is 7.73. The monoisotopic (exact) mass is 349 g/mol. The van der Waals surface area contributed by atoms with Gasteiger partial charge in [-0.3, -0.25) is 4.79 Å². The highest BCUT2D eigenvalue weighted by molar-refractivity contribution is 6.32. The predicted molar refractivity (Wildman–Crippen MR) is 94.2 cm³/mol. The molecular formula is C16H20ClN5O2. The molecule has 0 aliphatic rings. The minimum absolute atomic E-state index is 0.198. The van der Waals surface area contributed by atoms with Crippen molar-refractivity contribution in [3.8, 4) is 5.75 Å². The second kappa shape index (κ2) is 8.47. The van der Waals surface area contributed by atoms with Crippen molar-refractivity contribution in [2.75, 3.05) is 39.6 Å². The summed E-state index contributed by atoms with van der Waals surface area (Å²) in [5.41, 5.74) is 1.14. The maximum atomic E-state index is 11.9. The average molecular weight is 350 g/mol. The number of anilines is 2. The number of carbonyl (C=O) groups is 1. The number of halogens is 1. The Morgan fingerprint density at radius 3 is 2.58 bits per heavy atom. The van der Waals surface area contributed by atoms with Crippen molar-refractivity contribution >= 4 is 29.1 Å². The summed E-state index contributed by atoms with van der Waals surface area (Å²) in [5, 5.41) is 6.31. The van der Waals surface area contributed by atoms with Crippen LogP contribution in [0.5, 0.6) is 5.75 Å². The lowest BCUT2D eigenvalue weighted by Gasteiger charge is -2.10. The zero-order chi connectivity index (χ0) is 17.5. The zero-order valence-electron chi connectivity index (χ0n) is 13.8. The Balaban J connectivity index is 1.96. The SMILES string of the molecule is COc1ccc(Nc2ncc(C(=O)NCCN(C)C)cn2)cc1Cl. The van der Waals surface area contributed by atoms with Gasteiger partial charge < -0.3 is 20.3 Å². The Morgan fingerprint density at radius 1 is 1.29 bits per heavy atom. The van der Waals surface area contributed by atoms with E-state index in [9.17, 15) is 4.79 Å². The van der Waals surface area contributed by atoms with Crippen LogP contribution >= 0.6 is 11.6 Å². The maximum absolute atomic E-state index is 11.9. The van der Waals surface area contributed by atoms with Gasteiger partial charge >= 0.3 is 0 Å². The fraction of sp³-hybridized carbons (Fsp3) is 0.312.